The van der Waals surface area contributed by atoms with Crippen LogP contribution in [0.3, 0.4) is 0 Å². The number of sulfone groups is 1. The van der Waals surface area contributed by atoms with Crippen LogP contribution in [0.15, 0.2) is 24.3 Å². The third-order valence-electron chi connectivity index (χ3n) is 5.59. The molecule has 2 aliphatic rings. The first kappa shape index (κ1) is 22.6. The van der Waals surface area contributed by atoms with Crippen molar-refractivity contribution in [3.8, 4) is 5.75 Å². The molecular formula is C22H31NO6S. The van der Waals surface area contributed by atoms with Gasteiger partial charge >= 0.3 is 5.97 Å². The van der Waals surface area contributed by atoms with Gasteiger partial charge in [-0.1, -0.05) is 32.8 Å². The highest BCUT2D eigenvalue weighted by Crippen LogP contribution is 2.29. The lowest BCUT2D eigenvalue weighted by Gasteiger charge is -2.33. The molecule has 0 N–H and O–H groups in total. The van der Waals surface area contributed by atoms with Crippen molar-refractivity contribution < 1.29 is 27.5 Å². The molecule has 1 saturated carbocycles. The van der Waals surface area contributed by atoms with Gasteiger partial charge in [0, 0.05) is 12.1 Å². The molecule has 8 heteroatoms. The second-order valence-electron chi connectivity index (χ2n) is 8.60. The minimum atomic E-state index is -3.11. The predicted octanol–water partition coefficient (Wildman–Crippen LogP) is 2.84. The Morgan fingerprint density at radius 3 is 2.50 bits per heavy atom. The first-order valence-corrected chi connectivity index (χ1v) is 12.5. The van der Waals surface area contributed by atoms with Crippen molar-refractivity contribution in [2.75, 3.05) is 24.7 Å². The van der Waals surface area contributed by atoms with E-state index < -0.39 is 15.8 Å². The predicted molar refractivity (Wildman–Crippen MR) is 113 cm³/mol. The normalized spacial score (nSPS) is 21.0. The van der Waals surface area contributed by atoms with Crippen molar-refractivity contribution in [3.05, 3.63) is 29.8 Å². The summed E-state index contributed by atoms with van der Waals surface area (Å²) in [7, 11) is -3.11. The van der Waals surface area contributed by atoms with E-state index in [9.17, 15) is 18.0 Å². The van der Waals surface area contributed by atoms with Crippen LogP contribution in [0.25, 0.3) is 0 Å². The van der Waals surface area contributed by atoms with E-state index in [4.69, 9.17) is 9.47 Å². The Bertz CT molecular complexity index is 860. The zero-order valence-electron chi connectivity index (χ0n) is 17.7. The summed E-state index contributed by atoms with van der Waals surface area (Å²) in [6.07, 6.45) is 4.23. The molecule has 0 bridgehead atoms. The maximum atomic E-state index is 12.9. The molecule has 1 unspecified atom stereocenters. The van der Waals surface area contributed by atoms with Gasteiger partial charge in [-0.25, -0.2) is 13.2 Å². The van der Waals surface area contributed by atoms with Crippen LogP contribution in [0, 0.1) is 5.92 Å². The van der Waals surface area contributed by atoms with Crippen LogP contribution >= 0.6 is 0 Å². The van der Waals surface area contributed by atoms with Crippen molar-refractivity contribution in [1.29, 1.82) is 0 Å². The van der Waals surface area contributed by atoms with Gasteiger partial charge in [-0.05, 0) is 43.4 Å². The van der Waals surface area contributed by atoms with Gasteiger partial charge < -0.3 is 14.4 Å². The summed E-state index contributed by atoms with van der Waals surface area (Å²) < 4.78 is 34.8. The lowest BCUT2D eigenvalue weighted by molar-refractivity contribution is -0.139. The Labute approximate surface area is 178 Å². The highest BCUT2D eigenvalue weighted by molar-refractivity contribution is 7.91. The maximum absolute atomic E-state index is 12.9. The van der Waals surface area contributed by atoms with Crippen molar-refractivity contribution in [2.24, 2.45) is 5.92 Å². The number of ether oxygens (including phenoxy) is 2. The third kappa shape index (κ3) is 5.97. The van der Waals surface area contributed by atoms with Crippen LogP contribution < -0.4 is 4.74 Å². The summed E-state index contributed by atoms with van der Waals surface area (Å²) in [5, 5.41) is 0. The Morgan fingerprint density at radius 1 is 1.13 bits per heavy atom. The average molecular weight is 438 g/mol. The largest absolute Gasteiger partial charge is 0.493 e. The number of amides is 1. The zero-order valence-corrected chi connectivity index (χ0v) is 18.5. The van der Waals surface area contributed by atoms with Crippen molar-refractivity contribution in [3.63, 3.8) is 0 Å². The molecule has 1 aromatic rings. The Morgan fingerprint density at radius 2 is 1.87 bits per heavy atom. The molecule has 30 heavy (non-hydrogen) atoms. The number of hydrogen-bond donors (Lipinski definition) is 0. The van der Waals surface area contributed by atoms with Crippen LogP contribution in [-0.2, 0) is 19.4 Å². The average Bonchev–Trinajstić information content (AvgIpc) is 3.35. The van der Waals surface area contributed by atoms with E-state index >= 15 is 0 Å². The summed E-state index contributed by atoms with van der Waals surface area (Å²) in [6, 6.07) is 6.41. The first-order chi connectivity index (χ1) is 14.2. The molecule has 0 radical (unpaired) electrons. The number of esters is 1. The molecule has 1 heterocycles. The fourth-order valence-electron chi connectivity index (χ4n) is 4.14. The van der Waals surface area contributed by atoms with Crippen LogP contribution in [0.1, 0.15) is 56.3 Å². The zero-order chi connectivity index (χ0) is 21.7. The number of hydrogen-bond acceptors (Lipinski definition) is 6. The summed E-state index contributed by atoms with van der Waals surface area (Å²) in [4.78, 5) is 27.1. The van der Waals surface area contributed by atoms with Crippen LogP contribution in [-0.4, -0.2) is 62.0 Å². The third-order valence-corrected chi connectivity index (χ3v) is 7.34. The standard InChI is InChI=1S/C22H31NO6S/c1-16(2)13-28-20-9-5-6-17(12-20)22(25)29-14-21(24)23(18-7-3-4-8-18)19-10-11-30(26,27)15-19/h5-6,9,12,16,18-19H,3-4,7-8,10-11,13-15H2,1-2H3. The highest BCUT2D eigenvalue weighted by atomic mass is 32.2. The summed E-state index contributed by atoms with van der Waals surface area (Å²) in [5.74, 6) is 0.135. The molecule has 1 aromatic carbocycles. The number of benzene rings is 1. The van der Waals surface area contributed by atoms with Crippen molar-refractivity contribution in [2.45, 2.75) is 58.0 Å². The second-order valence-corrected chi connectivity index (χ2v) is 10.8. The van der Waals surface area contributed by atoms with Crippen LogP contribution in [0.5, 0.6) is 5.75 Å². The molecule has 166 valence electrons. The van der Waals surface area contributed by atoms with Crippen molar-refractivity contribution in [1.82, 2.24) is 4.90 Å². The van der Waals surface area contributed by atoms with Crippen LogP contribution in [0.4, 0.5) is 0 Å². The highest BCUT2D eigenvalue weighted by Gasteiger charge is 2.39. The Hall–Kier alpha value is -2.09. The molecule has 7 nitrogen and oxygen atoms in total. The maximum Gasteiger partial charge on any atom is 0.338 e. The van der Waals surface area contributed by atoms with Crippen LogP contribution in [0.2, 0.25) is 0 Å². The van der Waals surface area contributed by atoms with E-state index in [0.29, 0.717) is 30.3 Å². The number of carbonyl (C=O) groups is 2. The fraction of sp³-hybridized carbons (Fsp3) is 0.636. The molecule has 2 fully saturated rings. The van der Waals surface area contributed by atoms with Gasteiger partial charge in [0.2, 0.25) is 0 Å². The van der Waals surface area contributed by atoms with E-state index in [1.54, 1.807) is 29.2 Å². The van der Waals surface area contributed by atoms with E-state index in [-0.39, 0.29) is 36.1 Å². The summed E-state index contributed by atoms with van der Waals surface area (Å²) >= 11 is 0. The summed E-state index contributed by atoms with van der Waals surface area (Å²) in [6.45, 7) is 4.23. The van der Waals surface area contributed by atoms with E-state index in [0.717, 1.165) is 25.7 Å². The fourth-order valence-corrected chi connectivity index (χ4v) is 5.85. The van der Waals surface area contributed by atoms with Gasteiger partial charge in [0.25, 0.3) is 5.91 Å². The minimum Gasteiger partial charge on any atom is -0.493 e. The quantitative estimate of drug-likeness (QED) is 0.581. The molecule has 0 spiro atoms. The van der Waals surface area contributed by atoms with Gasteiger partial charge in [-0.3, -0.25) is 4.79 Å². The molecule has 1 aliphatic carbocycles. The lowest BCUT2D eigenvalue weighted by atomic mass is 10.1. The number of rotatable bonds is 8. The lowest BCUT2D eigenvalue weighted by Crippen LogP contribution is -2.48. The van der Waals surface area contributed by atoms with Gasteiger partial charge in [0.05, 0.1) is 23.7 Å². The van der Waals surface area contributed by atoms with Crippen molar-refractivity contribution >= 4 is 21.7 Å². The van der Waals surface area contributed by atoms with Gasteiger partial charge in [-0.15, -0.1) is 0 Å². The molecule has 1 aliphatic heterocycles. The SMILES string of the molecule is CC(C)COc1cccc(C(=O)OCC(=O)N(C2CCCC2)C2CCS(=O)(=O)C2)c1. The van der Waals surface area contributed by atoms with Gasteiger partial charge in [-0.2, -0.15) is 0 Å². The second kappa shape index (κ2) is 9.81. The smallest absolute Gasteiger partial charge is 0.338 e. The summed E-state index contributed by atoms with van der Waals surface area (Å²) in [5.41, 5.74) is 0.319. The minimum absolute atomic E-state index is 0.00157. The Kier molecular flexibility index (Phi) is 7.39. The molecule has 1 amide bonds. The molecule has 0 aromatic heterocycles. The topological polar surface area (TPSA) is 90.0 Å². The van der Waals surface area contributed by atoms with E-state index in [1.165, 1.54) is 0 Å². The number of carbonyl (C=O) groups excluding carboxylic acids is 2. The molecular weight excluding hydrogens is 406 g/mol. The Balaban J connectivity index is 1.62. The molecule has 1 saturated heterocycles. The molecule has 1 atom stereocenters. The van der Waals surface area contributed by atoms with Gasteiger partial charge in [0.1, 0.15) is 5.75 Å². The monoisotopic (exact) mass is 437 g/mol. The van der Waals surface area contributed by atoms with E-state index in [2.05, 4.69) is 0 Å². The van der Waals surface area contributed by atoms with Gasteiger partial charge in [0.15, 0.2) is 16.4 Å². The van der Waals surface area contributed by atoms with E-state index in [1.807, 2.05) is 13.8 Å². The molecule has 3 rings (SSSR count). The first-order valence-electron chi connectivity index (χ1n) is 10.7. The number of nitrogens with zero attached hydrogens (tertiary/aromatic N) is 1.